The van der Waals surface area contributed by atoms with Crippen molar-refractivity contribution in [3.8, 4) is 6.07 Å². The van der Waals surface area contributed by atoms with E-state index in [0.29, 0.717) is 5.56 Å². The van der Waals surface area contributed by atoms with Gasteiger partial charge >= 0.3 is 0 Å². The molecule has 1 N–H and O–H groups in total. The number of nitriles is 1. The molecule has 0 radical (unpaired) electrons. The Hall–Kier alpha value is -1.09. The zero-order valence-corrected chi connectivity index (χ0v) is 12.7. The Morgan fingerprint density at radius 1 is 1.20 bits per heavy atom. The Bertz CT molecular complexity index is 615. The lowest BCUT2D eigenvalue weighted by atomic mass is 10.1. The van der Waals surface area contributed by atoms with Gasteiger partial charge in [-0.05, 0) is 31.0 Å². The van der Waals surface area contributed by atoms with Crippen LogP contribution in [0.15, 0.2) is 23.1 Å². The van der Waals surface area contributed by atoms with Gasteiger partial charge in [-0.1, -0.05) is 37.3 Å². The van der Waals surface area contributed by atoms with Crippen molar-refractivity contribution >= 4 is 21.6 Å². The fourth-order valence-corrected chi connectivity index (χ4v) is 4.32. The quantitative estimate of drug-likeness (QED) is 0.871. The Kier molecular flexibility index (Phi) is 5.03. The standard InChI is InChI=1S/C14H17ClN2O2S/c15-13-9-11(10-16)7-8-14(13)20(18,19)17-12-5-3-1-2-4-6-12/h7-9,12,17H,1-6H2. The van der Waals surface area contributed by atoms with Crippen molar-refractivity contribution in [2.45, 2.75) is 49.5 Å². The second-order valence-electron chi connectivity index (χ2n) is 5.07. The number of benzene rings is 1. The highest BCUT2D eigenvalue weighted by atomic mass is 35.5. The lowest BCUT2D eigenvalue weighted by Crippen LogP contribution is -2.34. The number of hydrogen-bond donors (Lipinski definition) is 1. The minimum atomic E-state index is -3.62. The third kappa shape index (κ3) is 3.72. The molecule has 4 nitrogen and oxygen atoms in total. The Morgan fingerprint density at radius 2 is 1.85 bits per heavy atom. The van der Waals surface area contributed by atoms with Gasteiger partial charge in [0.1, 0.15) is 4.90 Å². The Morgan fingerprint density at radius 3 is 2.40 bits per heavy atom. The third-order valence-electron chi connectivity index (χ3n) is 3.53. The fraction of sp³-hybridized carbons (Fsp3) is 0.500. The van der Waals surface area contributed by atoms with Crippen LogP contribution in [-0.4, -0.2) is 14.5 Å². The van der Waals surface area contributed by atoms with Crippen molar-refractivity contribution in [1.82, 2.24) is 4.72 Å². The van der Waals surface area contributed by atoms with Crippen molar-refractivity contribution in [1.29, 1.82) is 5.26 Å². The zero-order chi connectivity index (χ0) is 14.6. The average Bonchev–Trinajstić information content (AvgIpc) is 2.66. The average molecular weight is 313 g/mol. The molecule has 108 valence electrons. The third-order valence-corrected chi connectivity index (χ3v) is 5.53. The molecule has 0 aromatic heterocycles. The number of hydrogen-bond acceptors (Lipinski definition) is 3. The molecule has 0 atom stereocenters. The Labute approximate surface area is 124 Å². The first-order chi connectivity index (χ1) is 9.53. The topological polar surface area (TPSA) is 70.0 Å². The molecule has 1 aliphatic carbocycles. The normalized spacial score (nSPS) is 17.4. The van der Waals surface area contributed by atoms with Gasteiger partial charge in [0, 0.05) is 6.04 Å². The summed E-state index contributed by atoms with van der Waals surface area (Å²) in [5.41, 5.74) is 0.350. The molecule has 0 saturated heterocycles. The summed E-state index contributed by atoms with van der Waals surface area (Å²) in [5.74, 6) is 0. The molecule has 2 rings (SSSR count). The van der Waals surface area contributed by atoms with Crippen LogP contribution < -0.4 is 4.72 Å². The molecule has 0 bridgehead atoms. The van der Waals surface area contributed by atoms with Crippen molar-refractivity contribution in [3.63, 3.8) is 0 Å². The van der Waals surface area contributed by atoms with E-state index in [4.69, 9.17) is 16.9 Å². The molecule has 1 saturated carbocycles. The lowest BCUT2D eigenvalue weighted by molar-refractivity contribution is 0.510. The number of halogens is 1. The highest BCUT2D eigenvalue weighted by Gasteiger charge is 2.23. The number of nitrogens with zero attached hydrogens (tertiary/aromatic N) is 1. The highest BCUT2D eigenvalue weighted by molar-refractivity contribution is 7.89. The maximum Gasteiger partial charge on any atom is 0.242 e. The highest BCUT2D eigenvalue weighted by Crippen LogP contribution is 2.24. The second kappa shape index (κ2) is 6.57. The summed E-state index contributed by atoms with van der Waals surface area (Å²) in [7, 11) is -3.62. The molecule has 1 fully saturated rings. The van der Waals surface area contributed by atoms with Crippen LogP contribution in [0, 0.1) is 11.3 Å². The monoisotopic (exact) mass is 312 g/mol. The van der Waals surface area contributed by atoms with Gasteiger partial charge in [-0.2, -0.15) is 5.26 Å². The van der Waals surface area contributed by atoms with Gasteiger partial charge in [0.05, 0.1) is 16.7 Å². The number of rotatable bonds is 3. The zero-order valence-electron chi connectivity index (χ0n) is 11.1. The van der Waals surface area contributed by atoms with E-state index in [2.05, 4.69) is 4.72 Å². The first-order valence-corrected chi connectivity index (χ1v) is 8.61. The molecular weight excluding hydrogens is 296 g/mol. The SMILES string of the molecule is N#Cc1ccc(S(=O)(=O)NC2CCCCCC2)c(Cl)c1. The van der Waals surface area contributed by atoms with Crippen LogP contribution >= 0.6 is 11.6 Å². The summed E-state index contributed by atoms with van der Waals surface area (Å²) in [6, 6.07) is 6.15. The van der Waals surface area contributed by atoms with Crippen LogP contribution in [0.1, 0.15) is 44.1 Å². The summed E-state index contributed by atoms with van der Waals surface area (Å²) in [5, 5.41) is 8.86. The molecule has 0 aliphatic heterocycles. The second-order valence-corrected chi connectivity index (χ2v) is 7.16. The van der Waals surface area contributed by atoms with Crippen LogP contribution in [0.25, 0.3) is 0 Å². The fourth-order valence-electron chi connectivity index (χ4n) is 2.47. The largest absolute Gasteiger partial charge is 0.242 e. The van der Waals surface area contributed by atoms with Crippen molar-refractivity contribution in [3.05, 3.63) is 28.8 Å². The minimum absolute atomic E-state index is 0.0192. The molecular formula is C14H17ClN2O2S. The molecule has 1 aromatic carbocycles. The smallest absolute Gasteiger partial charge is 0.208 e. The van der Waals surface area contributed by atoms with E-state index in [-0.39, 0.29) is 16.0 Å². The Balaban J connectivity index is 2.19. The molecule has 1 aliphatic rings. The van der Waals surface area contributed by atoms with E-state index < -0.39 is 10.0 Å². The maximum absolute atomic E-state index is 12.4. The predicted molar refractivity (Wildman–Crippen MR) is 78.0 cm³/mol. The molecule has 0 unspecified atom stereocenters. The van der Waals surface area contributed by atoms with Gasteiger partial charge in [-0.25, -0.2) is 13.1 Å². The summed E-state index contributed by atoms with van der Waals surface area (Å²) >= 11 is 5.97. The maximum atomic E-state index is 12.4. The van der Waals surface area contributed by atoms with E-state index in [1.807, 2.05) is 6.07 Å². The van der Waals surface area contributed by atoms with Gasteiger partial charge in [0.25, 0.3) is 0 Å². The van der Waals surface area contributed by atoms with E-state index in [1.54, 1.807) is 0 Å². The minimum Gasteiger partial charge on any atom is -0.208 e. The van der Waals surface area contributed by atoms with Crippen LogP contribution in [0.4, 0.5) is 0 Å². The first-order valence-electron chi connectivity index (χ1n) is 6.75. The van der Waals surface area contributed by atoms with E-state index >= 15 is 0 Å². The van der Waals surface area contributed by atoms with Crippen LogP contribution in [-0.2, 0) is 10.0 Å². The molecule has 0 heterocycles. The molecule has 1 aromatic rings. The molecule has 0 amide bonds. The molecule has 0 spiro atoms. The van der Waals surface area contributed by atoms with Crippen LogP contribution in [0.2, 0.25) is 5.02 Å². The number of nitrogens with one attached hydrogen (secondary N) is 1. The van der Waals surface area contributed by atoms with E-state index in [0.717, 1.165) is 38.5 Å². The van der Waals surface area contributed by atoms with E-state index in [1.165, 1.54) is 18.2 Å². The molecule has 20 heavy (non-hydrogen) atoms. The van der Waals surface area contributed by atoms with Crippen molar-refractivity contribution < 1.29 is 8.42 Å². The van der Waals surface area contributed by atoms with Gasteiger partial charge < -0.3 is 0 Å². The summed E-state index contributed by atoms with van der Waals surface area (Å²) in [4.78, 5) is 0.0439. The van der Waals surface area contributed by atoms with Crippen LogP contribution in [0.5, 0.6) is 0 Å². The van der Waals surface area contributed by atoms with Crippen LogP contribution in [0.3, 0.4) is 0 Å². The van der Waals surface area contributed by atoms with Crippen molar-refractivity contribution in [2.24, 2.45) is 0 Å². The van der Waals surface area contributed by atoms with E-state index in [9.17, 15) is 8.42 Å². The molecule has 6 heteroatoms. The summed E-state index contributed by atoms with van der Waals surface area (Å²) < 4.78 is 27.4. The predicted octanol–water partition coefficient (Wildman–Crippen LogP) is 3.21. The van der Waals surface area contributed by atoms with Gasteiger partial charge in [-0.3, -0.25) is 0 Å². The van der Waals surface area contributed by atoms with Gasteiger partial charge in [0.2, 0.25) is 10.0 Å². The summed E-state index contributed by atoms with van der Waals surface area (Å²) in [6.07, 6.45) is 6.16. The number of sulfonamides is 1. The lowest BCUT2D eigenvalue weighted by Gasteiger charge is -2.17. The summed E-state index contributed by atoms with van der Waals surface area (Å²) in [6.45, 7) is 0. The van der Waals surface area contributed by atoms with Gasteiger partial charge in [-0.15, -0.1) is 0 Å². The first kappa shape index (κ1) is 15.3. The van der Waals surface area contributed by atoms with Crippen molar-refractivity contribution in [2.75, 3.05) is 0 Å². The van der Waals surface area contributed by atoms with Gasteiger partial charge in [0.15, 0.2) is 0 Å².